The minimum absolute atomic E-state index is 0.0543. The van der Waals surface area contributed by atoms with Crippen LogP contribution in [0.1, 0.15) is 0 Å². The molecule has 71 valence electrons. The van der Waals surface area contributed by atoms with Crippen LogP contribution >= 0.6 is 0 Å². The van der Waals surface area contributed by atoms with E-state index in [0.29, 0.717) is 0 Å². The Morgan fingerprint density at radius 1 is 0.857 bits per heavy atom. The van der Waals surface area contributed by atoms with Crippen LogP contribution in [-0.4, -0.2) is 0 Å². The van der Waals surface area contributed by atoms with Gasteiger partial charge in [0.25, 0.3) is 0 Å². The van der Waals surface area contributed by atoms with E-state index in [-0.39, 0.29) is 5.39 Å². The summed E-state index contributed by atoms with van der Waals surface area (Å²) in [5, 5.41) is -0.607. The van der Waals surface area contributed by atoms with E-state index < -0.39 is 28.7 Å². The maximum Gasteiger partial charge on any atom is 0.195 e. The van der Waals surface area contributed by atoms with Gasteiger partial charge in [0, 0.05) is 0 Å². The van der Waals surface area contributed by atoms with Crippen LogP contribution in [0.3, 0.4) is 0 Å². The number of benzene rings is 2. The molecule has 2 rings (SSSR count). The van der Waals surface area contributed by atoms with E-state index >= 15 is 0 Å². The van der Waals surface area contributed by atoms with Crippen LogP contribution in [0.15, 0.2) is 18.2 Å². The third-order valence-corrected chi connectivity index (χ3v) is 1.88. The van der Waals surface area contributed by atoms with Crippen molar-refractivity contribution in [2.75, 3.05) is 0 Å². The van der Waals surface area contributed by atoms with Gasteiger partial charge in [-0.3, -0.25) is 0 Å². The molecule has 4 heteroatoms. The van der Waals surface area contributed by atoms with Gasteiger partial charge in [-0.15, -0.1) is 0 Å². The Kier molecular flexibility index (Phi) is 1.91. The van der Waals surface area contributed by atoms with Gasteiger partial charge in [0.15, 0.2) is 17.5 Å². The van der Waals surface area contributed by atoms with Crippen molar-refractivity contribution in [3.05, 3.63) is 47.5 Å². The SMILES string of the molecule is Fc1cc2c[c]cc(F)c2c(F)c1F. The summed E-state index contributed by atoms with van der Waals surface area (Å²) in [7, 11) is 0. The quantitative estimate of drug-likeness (QED) is 0.451. The number of fused-ring (bicyclic) bond motifs is 1. The van der Waals surface area contributed by atoms with E-state index in [0.717, 1.165) is 12.1 Å². The predicted molar refractivity (Wildman–Crippen MR) is 42.6 cm³/mol. The number of rotatable bonds is 0. The molecule has 0 fully saturated rings. The normalized spacial score (nSPS) is 10.9. The number of hydrogen-bond donors (Lipinski definition) is 0. The van der Waals surface area contributed by atoms with Crippen molar-refractivity contribution >= 4 is 10.8 Å². The molecule has 2 aromatic rings. The minimum atomic E-state index is -1.66. The molecule has 0 atom stereocenters. The molecule has 0 saturated carbocycles. The standard InChI is InChI=1S/C10H3F4/c11-6-3-1-2-5-4-7(12)9(13)10(14)8(5)6/h2-4H. The highest BCUT2D eigenvalue weighted by Crippen LogP contribution is 2.24. The number of halogens is 4. The molecule has 0 aliphatic rings. The van der Waals surface area contributed by atoms with Crippen molar-refractivity contribution in [3.63, 3.8) is 0 Å². The van der Waals surface area contributed by atoms with Crippen LogP contribution < -0.4 is 0 Å². The maximum atomic E-state index is 13.1. The molecule has 0 amide bonds. The van der Waals surface area contributed by atoms with Crippen LogP contribution in [0.5, 0.6) is 0 Å². The molecule has 0 heterocycles. The van der Waals surface area contributed by atoms with Crippen LogP contribution in [0.4, 0.5) is 17.6 Å². The van der Waals surface area contributed by atoms with Crippen molar-refractivity contribution in [2.45, 2.75) is 0 Å². The molecule has 0 spiro atoms. The van der Waals surface area contributed by atoms with E-state index in [1.54, 1.807) is 0 Å². The van der Waals surface area contributed by atoms with E-state index in [1.807, 2.05) is 0 Å². The van der Waals surface area contributed by atoms with Gasteiger partial charge >= 0.3 is 0 Å². The first-order chi connectivity index (χ1) is 6.61. The van der Waals surface area contributed by atoms with Gasteiger partial charge in [0.2, 0.25) is 0 Å². The molecule has 0 unspecified atom stereocenters. The van der Waals surface area contributed by atoms with Crippen LogP contribution in [0.2, 0.25) is 0 Å². The lowest BCUT2D eigenvalue weighted by Gasteiger charge is -2.02. The first-order valence-corrected chi connectivity index (χ1v) is 3.74. The summed E-state index contributed by atoms with van der Waals surface area (Å²) in [6.45, 7) is 0. The monoisotopic (exact) mass is 199 g/mol. The van der Waals surface area contributed by atoms with Crippen LogP contribution in [-0.2, 0) is 0 Å². The third kappa shape index (κ3) is 1.14. The fraction of sp³-hybridized carbons (Fsp3) is 0. The topological polar surface area (TPSA) is 0 Å². The van der Waals surface area contributed by atoms with Gasteiger partial charge in [-0.2, -0.15) is 0 Å². The van der Waals surface area contributed by atoms with Crippen molar-refractivity contribution < 1.29 is 17.6 Å². The lowest BCUT2D eigenvalue weighted by molar-refractivity contribution is 0.451. The molecular weight excluding hydrogens is 196 g/mol. The van der Waals surface area contributed by atoms with Crippen molar-refractivity contribution in [1.29, 1.82) is 0 Å². The molecule has 0 aliphatic carbocycles. The Balaban J connectivity index is 2.99. The molecule has 0 N–H and O–H groups in total. The van der Waals surface area contributed by atoms with Gasteiger partial charge in [-0.1, -0.05) is 0 Å². The van der Waals surface area contributed by atoms with Gasteiger partial charge in [-0.25, -0.2) is 17.6 Å². The highest BCUT2D eigenvalue weighted by Gasteiger charge is 2.15. The highest BCUT2D eigenvalue weighted by atomic mass is 19.2. The van der Waals surface area contributed by atoms with Crippen LogP contribution in [0.25, 0.3) is 10.8 Å². The summed E-state index contributed by atoms with van der Waals surface area (Å²) in [5.74, 6) is -5.47. The van der Waals surface area contributed by atoms with E-state index in [9.17, 15) is 17.6 Å². The lowest BCUT2D eigenvalue weighted by atomic mass is 10.1. The first kappa shape index (κ1) is 8.99. The fourth-order valence-electron chi connectivity index (χ4n) is 1.25. The average Bonchev–Trinajstić information content (AvgIpc) is 2.14. The van der Waals surface area contributed by atoms with Crippen molar-refractivity contribution in [1.82, 2.24) is 0 Å². The zero-order valence-electron chi connectivity index (χ0n) is 6.74. The van der Waals surface area contributed by atoms with Gasteiger partial charge in [0.1, 0.15) is 5.82 Å². The van der Waals surface area contributed by atoms with E-state index in [1.165, 1.54) is 6.07 Å². The Hall–Kier alpha value is -1.58. The van der Waals surface area contributed by atoms with Gasteiger partial charge < -0.3 is 0 Å². The second-order valence-corrected chi connectivity index (χ2v) is 2.75. The Labute approximate surface area is 76.8 Å². The molecule has 1 radical (unpaired) electrons. The molecule has 0 aromatic heterocycles. The Morgan fingerprint density at radius 2 is 1.57 bits per heavy atom. The summed E-state index contributed by atoms with van der Waals surface area (Å²) in [5.41, 5.74) is 0. The summed E-state index contributed by atoms with van der Waals surface area (Å²) >= 11 is 0. The summed E-state index contributed by atoms with van der Waals surface area (Å²) in [6.07, 6.45) is 0. The Bertz CT molecular complexity index is 505. The number of hydrogen-bond acceptors (Lipinski definition) is 0. The molecule has 0 aliphatic heterocycles. The predicted octanol–water partition coefficient (Wildman–Crippen LogP) is 3.20. The largest absolute Gasteiger partial charge is 0.206 e. The van der Waals surface area contributed by atoms with E-state index in [2.05, 4.69) is 6.07 Å². The lowest BCUT2D eigenvalue weighted by Crippen LogP contribution is -1.94. The molecule has 0 bridgehead atoms. The summed E-state index contributed by atoms with van der Waals surface area (Å²) in [6, 6.07) is 5.12. The highest BCUT2D eigenvalue weighted by molar-refractivity contribution is 5.83. The zero-order chi connectivity index (χ0) is 10.3. The van der Waals surface area contributed by atoms with Gasteiger partial charge in [-0.05, 0) is 29.7 Å². The first-order valence-electron chi connectivity index (χ1n) is 3.74. The molecular formula is C10H3F4. The molecule has 2 aromatic carbocycles. The second kappa shape index (κ2) is 2.97. The summed E-state index contributed by atoms with van der Waals surface area (Å²) < 4.78 is 51.5. The van der Waals surface area contributed by atoms with Gasteiger partial charge in [0.05, 0.1) is 5.39 Å². The van der Waals surface area contributed by atoms with E-state index in [4.69, 9.17) is 0 Å². The minimum Gasteiger partial charge on any atom is -0.206 e. The average molecular weight is 199 g/mol. The van der Waals surface area contributed by atoms with Crippen LogP contribution in [0, 0.1) is 29.3 Å². The maximum absolute atomic E-state index is 13.1. The zero-order valence-corrected chi connectivity index (χ0v) is 6.74. The van der Waals surface area contributed by atoms with Crippen molar-refractivity contribution in [2.24, 2.45) is 0 Å². The Morgan fingerprint density at radius 3 is 2.29 bits per heavy atom. The summed E-state index contributed by atoms with van der Waals surface area (Å²) in [4.78, 5) is 0. The smallest absolute Gasteiger partial charge is 0.195 e. The van der Waals surface area contributed by atoms with Crippen molar-refractivity contribution in [3.8, 4) is 0 Å². The molecule has 14 heavy (non-hydrogen) atoms. The molecule has 0 nitrogen and oxygen atoms in total. The fourth-order valence-corrected chi connectivity index (χ4v) is 1.25. The third-order valence-electron chi connectivity index (χ3n) is 1.88. The molecule has 0 saturated heterocycles. The second-order valence-electron chi connectivity index (χ2n) is 2.75.